The molecule has 1 heterocycles. The highest BCUT2D eigenvalue weighted by Crippen LogP contribution is 2.23. The van der Waals surface area contributed by atoms with E-state index in [9.17, 15) is 0 Å². The third kappa shape index (κ3) is 1.57. The summed E-state index contributed by atoms with van der Waals surface area (Å²) in [5, 5.41) is 8.94. The maximum atomic E-state index is 8.94. The molecule has 0 radical (unpaired) electrons. The Balaban J connectivity index is 2.28. The second kappa shape index (κ2) is 3.69. The van der Waals surface area contributed by atoms with E-state index in [1.54, 1.807) is 0 Å². The number of hydrogen-bond donors (Lipinski definition) is 1. The first kappa shape index (κ1) is 9.04. The van der Waals surface area contributed by atoms with Gasteiger partial charge in [-0.2, -0.15) is 5.26 Å². The molecule has 2 N–H and O–H groups in total. The minimum Gasteiger partial charge on any atom is -0.369 e. The van der Waals surface area contributed by atoms with Crippen LogP contribution in [-0.4, -0.2) is 19.1 Å². The molecule has 0 aliphatic carbocycles. The van der Waals surface area contributed by atoms with Crippen LogP contribution in [0, 0.1) is 11.3 Å². The van der Waals surface area contributed by atoms with Crippen LogP contribution in [-0.2, 0) is 0 Å². The molecule has 3 nitrogen and oxygen atoms in total. The Morgan fingerprint density at radius 3 is 2.86 bits per heavy atom. The molecule has 1 aliphatic rings. The molecule has 0 saturated carbocycles. The van der Waals surface area contributed by atoms with Crippen molar-refractivity contribution in [3.8, 4) is 6.07 Å². The summed E-state index contributed by atoms with van der Waals surface area (Å²) >= 11 is 0. The average Bonchev–Trinajstić information content (AvgIpc) is 2.65. The van der Waals surface area contributed by atoms with E-state index in [4.69, 9.17) is 11.0 Å². The highest BCUT2D eigenvalue weighted by atomic mass is 15.2. The summed E-state index contributed by atoms with van der Waals surface area (Å²) in [6.07, 6.45) is 1.01. The van der Waals surface area contributed by atoms with E-state index in [-0.39, 0.29) is 6.04 Å². The average molecular weight is 187 g/mol. The van der Waals surface area contributed by atoms with Gasteiger partial charge in [-0.05, 0) is 18.6 Å². The molecular formula is C11H13N3. The lowest BCUT2D eigenvalue weighted by Gasteiger charge is -2.18. The fourth-order valence-electron chi connectivity index (χ4n) is 1.85. The molecule has 1 saturated heterocycles. The van der Waals surface area contributed by atoms with E-state index < -0.39 is 0 Å². The third-order valence-corrected chi connectivity index (χ3v) is 2.59. The highest BCUT2D eigenvalue weighted by molar-refractivity contribution is 5.59. The van der Waals surface area contributed by atoms with E-state index in [1.165, 1.54) is 0 Å². The number of nitriles is 1. The van der Waals surface area contributed by atoms with Crippen LogP contribution in [0.3, 0.4) is 0 Å². The molecule has 1 aromatic carbocycles. The first-order valence-corrected chi connectivity index (χ1v) is 4.81. The van der Waals surface area contributed by atoms with Crippen molar-refractivity contribution >= 4 is 5.69 Å². The van der Waals surface area contributed by atoms with Crippen molar-refractivity contribution < 1.29 is 0 Å². The standard InChI is InChI=1S/C11H13N3/c12-7-9-3-1-2-4-11(9)14-6-5-10(13)8-14/h1-4,10H,5-6,8,13H2. The van der Waals surface area contributed by atoms with Gasteiger partial charge in [0.2, 0.25) is 0 Å². The van der Waals surface area contributed by atoms with Crippen LogP contribution in [0.5, 0.6) is 0 Å². The Bertz CT molecular complexity index is 367. The predicted molar refractivity (Wildman–Crippen MR) is 56.0 cm³/mol. The van der Waals surface area contributed by atoms with E-state index in [0.29, 0.717) is 0 Å². The normalized spacial score (nSPS) is 20.9. The van der Waals surface area contributed by atoms with Gasteiger partial charge < -0.3 is 10.6 Å². The fourth-order valence-corrected chi connectivity index (χ4v) is 1.85. The zero-order valence-electron chi connectivity index (χ0n) is 7.98. The summed E-state index contributed by atoms with van der Waals surface area (Å²) in [4.78, 5) is 2.18. The zero-order chi connectivity index (χ0) is 9.97. The first-order chi connectivity index (χ1) is 6.81. The molecule has 2 rings (SSSR count). The van der Waals surface area contributed by atoms with Gasteiger partial charge in [0.1, 0.15) is 6.07 Å². The topological polar surface area (TPSA) is 53.0 Å². The number of rotatable bonds is 1. The van der Waals surface area contributed by atoms with Crippen LogP contribution < -0.4 is 10.6 Å². The van der Waals surface area contributed by atoms with Crippen LogP contribution >= 0.6 is 0 Å². The Morgan fingerprint density at radius 2 is 2.21 bits per heavy atom. The van der Waals surface area contributed by atoms with Gasteiger partial charge in [0.05, 0.1) is 11.3 Å². The van der Waals surface area contributed by atoms with Gasteiger partial charge in [0.25, 0.3) is 0 Å². The highest BCUT2D eigenvalue weighted by Gasteiger charge is 2.20. The third-order valence-electron chi connectivity index (χ3n) is 2.59. The van der Waals surface area contributed by atoms with E-state index in [2.05, 4.69) is 11.0 Å². The SMILES string of the molecule is N#Cc1ccccc1N1CCC(N)C1. The Morgan fingerprint density at radius 1 is 1.43 bits per heavy atom. The van der Waals surface area contributed by atoms with Crippen molar-refractivity contribution in [3.05, 3.63) is 29.8 Å². The Hall–Kier alpha value is -1.53. The maximum absolute atomic E-state index is 8.94. The molecular weight excluding hydrogens is 174 g/mol. The summed E-state index contributed by atoms with van der Waals surface area (Å²) in [7, 11) is 0. The minimum absolute atomic E-state index is 0.252. The van der Waals surface area contributed by atoms with Crippen LogP contribution in [0.4, 0.5) is 5.69 Å². The van der Waals surface area contributed by atoms with Crippen molar-refractivity contribution in [1.29, 1.82) is 5.26 Å². The van der Waals surface area contributed by atoms with Crippen molar-refractivity contribution in [2.45, 2.75) is 12.5 Å². The molecule has 0 aromatic heterocycles. The maximum Gasteiger partial charge on any atom is 0.101 e. The Kier molecular flexibility index (Phi) is 2.38. The molecule has 3 heteroatoms. The first-order valence-electron chi connectivity index (χ1n) is 4.81. The minimum atomic E-state index is 0.252. The second-order valence-corrected chi connectivity index (χ2v) is 3.62. The van der Waals surface area contributed by atoms with Crippen LogP contribution in [0.1, 0.15) is 12.0 Å². The zero-order valence-corrected chi connectivity index (χ0v) is 7.98. The molecule has 1 unspecified atom stereocenters. The predicted octanol–water partition coefficient (Wildman–Crippen LogP) is 1.10. The largest absolute Gasteiger partial charge is 0.369 e. The van der Waals surface area contributed by atoms with Gasteiger partial charge in [-0.3, -0.25) is 0 Å². The summed E-state index contributed by atoms with van der Waals surface area (Å²) in [6.45, 7) is 1.82. The lowest BCUT2D eigenvalue weighted by atomic mass is 10.2. The summed E-state index contributed by atoms with van der Waals surface area (Å²) in [5.74, 6) is 0. The van der Waals surface area contributed by atoms with Gasteiger partial charge in [0.15, 0.2) is 0 Å². The molecule has 72 valence electrons. The van der Waals surface area contributed by atoms with E-state index in [0.717, 1.165) is 30.8 Å². The number of anilines is 1. The molecule has 1 atom stereocenters. The Labute approximate surface area is 83.7 Å². The molecule has 14 heavy (non-hydrogen) atoms. The number of hydrogen-bond acceptors (Lipinski definition) is 3. The lowest BCUT2D eigenvalue weighted by Crippen LogP contribution is -2.26. The quantitative estimate of drug-likeness (QED) is 0.716. The molecule has 1 aliphatic heterocycles. The van der Waals surface area contributed by atoms with Crippen molar-refractivity contribution in [1.82, 2.24) is 0 Å². The van der Waals surface area contributed by atoms with Crippen molar-refractivity contribution in [2.24, 2.45) is 5.73 Å². The molecule has 1 aromatic rings. The molecule has 0 amide bonds. The van der Waals surface area contributed by atoms with Crippen molar-refractivity contribution in [2.75, 3.05) is 18.0 Å². The number of para-hydroxylation sites is 1. The lowest BCUT2D eigenvalue weighted by molar-refractivity contribution is 0.752. The summed E-state index contributed by atoms with van der Waals surface area (Å²) in [5.41, 5.74) is 7.58. The molecule has 0 bridgehead atoms. The van der Waals surface area contributed by atoms with Crippen molar-refractivity contribution in [3.63, 3.8) is 0 Å². The molecule has 1 fully saturated rings. The summed E-state index contributed by atoms with van der Waals surface area (Å²) < 4.78 is 0. The van der Waals surface area contributed by atoms with Gasteiger partial charge in [0, 0.05) is 19.1 Å². The van der Waals surface area contributed by atoms with E-state index in [1.807, 2.05) is 24.3 Å². The van der Waals surface area contributed by atoms with Crippen LogP contribution in [0.25, 0.3) is 0 Å². The van der Waals surface area contributed by atoms with Gasteiger partial charge in [-0.25, -0.2) is 0 Å². The van der Waals surface area contributed by atoms with E-state index >= 15 is 0 Å². The second-order valence-electron chi connectivity index (χ2n) is 3.62. The summed E-state index contributed by atoms with van der Waals surface area (Å²) in [6, 6.07) is 10.1. The van der Waals surface area contributed by atoms with Gasteiger partial charge in [-0.15, -0.1) is 0 Å². The number of benzene rings is 1. The molecule has 0 spiro atoms. The fraction of sp³-hybridized carbons (Fsp3) is 0.364. The number of nitrogens with zero attached hydrogens (tertiary/aromatic N) is 2. The van der Waals surface area contributed by atoms with Gasteiger partial charge >= 0.3 is 0 Å². The van der Waals surface area contributed by atoms with Crippen LogP contribution in [0.2, 0.25) is 0 Å². The van der Waals surface area contributed by atoms with Gasteiger partial charge in [-0.1, -0.05) is 12.1 Å². The number of nitrogens with two attached hydrogens (primary N) is 1. The smallest absolute Gasteiger partial charge is 0.101 e. The monoisotopic (exact) mass is 187 g/mol. The van der Waals surface area contributed by atoms with Crippen LogP contribution in [0.15, 0.2) is 24.3 Å².